The van der Waals surface area contributed by atoms with Crippen LogP contribution >= 0.6 is 0 Å². The molecule has 4 fully saturated rings. The molecule has 9 heteroatoms. The molecular weight excluding hydrogens is 387 g/mol. The van der Waals surface area contributed by atoms with Crippen LogP contribution in [0.1, 0.15) is 38.5 Å². The second-order valence-electron chi connectivity index (χ2n) is 9.58. The van der Waals surface area contributed by atoms with Gasteiger partial charge in [-0.2, -0.15) is 9.97 Å². The molecule has 1 N–H and O–H groups in total. The summed E-state index contributed by atoms with van der Waals surface area (Å²) >= 11 is 0. The van der Waals surface area contributed by atoms with E-state index in [1.165, 1.54) is 25.3 Å². The Morgan fingerprint density at radius 1 is 1.17 bits per heavy atom. The van der Waals surface area contributed by atoms with Crippen molar-refractivity contribution >= 4 is 16.9 Å². The Morgan fingerprint density at radius 3 is 2.83 bits per heavy atom. The molecule has 2 aromatic rings. The Labute approximate surface area is 174 Å². The molecule has 2 aromatic heterocycles. The Bertz CT molecular complexity index is 964. The zero-order valence-corrected chi connectivity index (χ0v) is 17.0. The van der Waals surface area contributed by atoms with E-state index in [1.54, 1.807) is 0 Å². The molecule has 3 saturated heterocycles. The van der Waals surface area contributed by atoms with Crippen LogP contribution in [0.5, 0.6) is 11.9 Å². The summed E-state index contributed by atoms with van der Waals surface area (Å²) in [5.74, 6) is 1.94. The highest BCUT2D eigenvalue weighted by Crippen LogP contribution is 2.41. The van der Waals surface area contributed by atoms with E-state index in [1.807, 2.05) is 0 Å². The smallest absolute Gasteiger partial charge is 0.319 e. The van der Waals surface area contributed by atoms with E-state index in [0.29, 0.717) is 42.4 Å². The van der Waals surface area contributed by atoms with E-state index in [9.17, 15) is 9.50 Å². The molecule has 5 heterocycles. The maximum atomic E-state index is 14.1. The van der Waals surface area contributed by atoms with E-state index in [2.05, 4.69) is 25.0 Å². The topological polar surface area (TPSA) is 87.5 Å². The van der Waals surface area contributed by atoms with E-state index >= 15 is 0 Å². The Kier molecular flexibility index (Phi) is 4.23. The van der Waals surface area contributed by atoms with Gasteiger partial charge in [-0.1, -0.05) is 0 Å². The number of rotatable bonds is 4. The fraction of sp³-hybridized carbons (Fsp3) is 0.714. The molecule has 2 unspecified atom stereocenters. The highest BCUT2D eigenvalue weighted by Gasteiger charge is 2.49. The Hall–Kier alpha value is -2.29. The standard InChI is InChI=1S/C21H27FN6O2/c22-15-8-21(4-1-5-28(21)11-15)12-30-20-23-16-7-17(29)25-26-18(16)19(24-20)27-9-13-2-3-14(6-13)10-27/h7,13-15H,1-6,8-12H2,(H,25,29)/t13?,14?,15-,21+/m1/s1. The van der Waals surface area contributed by atoms with Gasteiger partial charge in [0.1, 0.15) is 18.3 Å². The minimum absolute atomic E-state index is 0.173. The van der Waals surface area contributed by atoms with Gasteiger partial charge in [0.05, 0.1) is 5.54 Å². The number of alkyl halides is 1. The van der Waals surface area contributed by atoms with Crippen LogP contribution in [-0.4, -0.2) is 74.7 Å². The SMILES string of the molecule is Oc1cc2nc(OC[C@@]34CCCN3C[C@H](F)C4)nc(N3CC4CCC(C4)C3)c2nn1. The van der Waals surface area contributed by atoms with Gasteiger partial charge in [0, 0.05) is 32.1 Å². The number of halogens is 1. The summed E-state index contributed by atoms with van der Waals surface area (Å²) in [6, 6.07) is 1.78. The van der Waals surface area contributed by atoms with Crippen LogP contribution in [0.3, 0.4) is 0 Å². The predicted molar refractivity (Wildman–Crippen MR) is 108 cm³/mol. The van der Waals surface area contributed by atoms with Gasteiger partial charge in [0.15, 0.2) is 11.3 Å². The van der Waals surface area contributed by atoms with Crippen molar-refractivity contribution in [3.63, 3.8) is 0 Å². The average molecular weight is 414 g/mol. The third kappa shape index (κ3) is 3.05. The molecule has 6 rings (SSSR count). The largest absolute Gasteiger partial charge is 0.492 e. The number of aromatic nitrogens is 4. The summed E-state index contributed by atoms with van der Waals surface area (Å²) in [5, 5.41) is 17.8. The third-order valence-electron chi connectivity index (χ3n) is 7.53. The van der Waals surface area contributed by atoms with Crippen molar-refractivity contribution in [2.75, 3.05) is 37.7 Å². The molecule has 0 aromatic carbocycles. The van der Waals surface area contributed by atoms with Crippen molar-refractivity contribution in [2.45, 2.75) is 50.2 Å². The molecule has 1 saturated carbocycles. The lowest BCUT2D eigenvalue weighted by molar-refractivity contribution is 0.107. The van der Waals surface area contributed by atoms with Crippen molar-refractivity contribution < 1.29 is 14.2 Å². The van der Waals surface area contributed by atoms with Gasteiger partial charge in [-0.25, -0.2) is 4.39 Å². The summed E-state index contributed by atoms with van der Waals surface area (Å²) in [5.41, 5.74) is 0.864. The number of ether oxygens (including phenoxy) is 1. The van der Waals surface area contributed by atoms with Gasteiger partial charge in [0.2, 0.25) is 5.88 Å². The van der Waals surface area contributed by atoms with E-state index in [0.717, 1.165) is 38.3 Å². The molecule has 30 heavy (non-hydrogen) atoms. The van der Waals surface area contributed by atoms with Crippen molar-refractivity contribution in [3.05, 3.63) is 6.07 Å². The molecule has 8 nitrogen and oxygen atoms in total. The average Bonchev–Trinajstić information content (AvgIpc) is 3.36. The first-order valence-electron chi connectivity index (χ1n) is 11.1. The number of piperidine rings is 1. The number of nitrogens with zero attached hydrogens (tertiary/aromatic N) is 6. The molecule has 0 spiro atoms. The molecule has 2 bridgehead atoms. The van der Waals surface area contributed by atoms with Gasteiger partial charge >= 0.3 is 6.01 Å². The Morgan fingerprint density at radius 2 is 2.00 bits per heavy atom. The predicted octanol–water partition coefficient (Wildman–Crippen LogP) is 2.32. The van der Waals surface area contributed by atoms with Crippen molar-refractivity contribution in [1.29, 1.82) is 0 Å². The number of hydrogen-bond donors (Lipinski definition) is 1. The molecule has 4 aliphatic rings. The van der Waals surface area contributed by atoms with Gasteiger partial charge in [-0.3, -0.25) is 4.90 Å². The van der Waals surface area contributed by atoms with Crippen LogP contribution < -0.4 is 9.64 Å². The summed E-state index contributed by atoms with van der Waals surface area (Å²) in [7, 11) is 0. The van der Waals surface area contributed by atoms with Crippen LogP contribution in [0, 0.1) is 11.8 Å². The molecule has 0 amide bonds. The van der Waals surface area contributed by atoms with Crippen LogP contribution in [0.25, 0.3) is 11.0 Å². The van der Waals surface area contributed by atoms with E-state index < -0.39 is 6.17 Å². The van der Waals surface area contributed by atoms with Crippen molar-refractivity contribution in [1.82, 2.24) is 25.1 Å². The lowest BCUT2D eigenvalue weighted by atomic mass is 9.95. The number of anilines is 1. The van der Waals surface area contributed by atoms with Gasteiger partial charge in [-0.15, -0.1) is 10.2 Å². The zero-order chi connectivity index (χ0) is 20.3. The fourth-order valence-corrected chi connectivity index (χ4v) is 6.20. The molecule has 4 atom stereocenters. The van der Waals surface area contributed by atoms with Gasteiger partial charge in [-0.05, 0) is 50.5 Å². The summed E-state index contributed by atoms with van der Waals surface area (Å²) < 4.78 is 20.2. The Balaban J connectivity index is 1.32. The number of hydrogen-bond acceptors (Lipinski definition) is 8. The van der Waals surface area contributed by atoms with E-state index in [4.69, 9.17) is 9.72 Å². The van der Waals surface area contributed by atoms with Gasteiger partial charge in [0.25, 0.3) is 0 Å². The first-order chi connectivity index (χ1) is 14.6. The highest BCUT2D eigenvalue weighted by atomic mass is 19.1. The van der Waals surface area contributed by atoms with Crippen LogP contribution in [0.4, 0.5) is 10.2 Å². The monoisotopic (exact) mass is 414 g/mol. The van der Waals surface area contributed by atoms with E-state index in [-0.39, 0.29) is 17.4 Å². The van der Waals surface area contributed by atoms with Crippen LogP contribution in [-0.2, 0) is 0 Å². The third-order valence-corrected chi connectivity index (χ3v) is 7.53. The molecule has 3 aliphatic heterocycles. The maximum Gasteiger partial charge on any atom is 0.319 e. The first kappa shape index (κ1) is 18.5. The number of fused-ring (bicyclic) bond motifs is 4. The van der Waals surface area contributed by atoms with Crippen LogP contribution in [0.2, 0.25) is 0 Å². The quantitative estimate of drug-likeness (QED) is 0.816. The number of aromatic hydroxyl groups is 1. The normalized spacial score (nSPS) is 33.4. The molecule has 160 valence electrons. The first-order valence-corrected chi connectivity index (χ1v) is 11.1. The second kappa shape index (κ2) is 6.87. The molecule has 0 radical (unpaired) electrons. The highest BCUT2D eigenvalue weighted by molar-refractivity contribution is 5.86. The minimum atomic E-state index is -0.793. The molecular formula is C21H27FN6O2. The minimum Gasteiger partial charge on any atom is -0.492 e. The van der Waals surface area contributed by atoms with Crippen molar-refractivity contribution in [2.24, 2.45) is 11.8 Å². The maximum absolute atomic E-state index is 14.1. The van der Waals surface area contributed by atoms with Gasteiger partial charge < -0.3 is 14.7 Å². The van der Waals surface area contributed by atoms with Crippen LogP contribution in [0.15, 0.2) is 6.07 Å². The van der Waals surface area contributed by atoms with Crippen molar-refractivity contribution in [3.8, 4) is 11.9 Å². The zero-order valence-electron chi connectivity index (χ0n) is 17.0. The summed E-state index contributed by atoms with van der Waals surface area (Å²) in [6.07, 6.45) is 5.55. The second-order valence-corrected chi connectivity index (χ2v) is 9.58. The molecule has 1 aliphatic carbocycles. The summed E-state index contributed by atoms with van der Waals surface area (Å²) in [6.45, 7) is 3.70. The lowest BCUT2D eigenvalue weighted by Gasteiger charge is -2.33. The lowest BCUT2D eigenvalue weighted by Crippen LogP contribution is -2.43. The summed E-state index contributed by atoms with van der Waals surface area (Å²) in [4.78, 5) is 13.7. The fourth-order valence-electron chi connectivity index (χ4n) is 6.20.